The fourth-order valence-electron chi connectivity index (χ4n) is 4.25. The molecule has 12 heteroatoms. The van der Waals surface area contributed by atoms with E-state index >= 15 is 0 Å². The van der Waals surface area contributed by atoms with E-state index in [1.54, 1.807) is 0 Å². The van der Waals surface area contributed by atoms with E-state index in [0.29, 0.717) is 5.56 Å². The molecular weight excluding hydrogens is 487 g/mol. The number of aromatic amines is 1. The Morgan fingerprint density at radius 1 is 1.00 bits per heavy atom. The summed E-state index contributed by atoms with van der Waals surface area (Å²) in [4.78, 5) is 26.1. The Morgan fingerprint density at radius 2 is 1.70 bits per heavy atom. The molecule has 0 saturated carbocycles. The van der Waals surface area contributed by atoms with Gasteiger partial charge in [0.1, 0.15) is 17.7 Å². The molecule has 2 saturated heterocycles. The second-order valence-electron chi connectivity index (χ2n) is 8.63. The van der Waals surface area contributed by atoms with Crippen molar-refractivity contribution >= 4 is 17.6 Å². The molecule has 0 bridgehead atoms. The first kappa shape index (κ1) is 26.0. The lowest BCUT2D eigenvalue weighted by Gasteiger charge is -2.28. The SMILES string of the molecule is N#Cc1cc(-c2ccnc(-c3ccc(N4CCCC4)nc3)c2)[nH]c1N1CCNCC1.O=C(O)C(F)(F)F. The highest BCUT2D eigenvalue weighted by Gasteiger charge is 2.38. The Hall–Kier alpha value is -4.11. The molecule has 3 N–H and O–H groups in total. The topological polar surface area (TPSA) is 121 Å². The van der Waals surface area contributed by atoms with E-state index in [2.05, 4.69) is 54.3 Å². The number of hydrogen-bond acceptors (Lipinski definition) is 7. The molecule has 0 aliphatic carbocycles. The van der Waals surface area contributed by atoms with Gasteiger partial charge in [-0.3, -0.25) is 4.98 Å². The highest BCUT2D eigenvalue weighted by molar-refractivity contribution is 5.73. The zero-order chi connectivity index (χ0) is 26.4. The van der Waals surface area contributed by atoms with E-state index in [9.17, 15) is 18.4 Å². The fourth-order valence-corrected chi connectivity index (χ4v) is 4.25. The number of H-pyrrole nitrogens is 1. The molecular formula is C25H26F3N7O2. The van der Waals surface area contributed by atoms with Crippen molar-refractivity contribution in [1.29, 1.82) is 5.26 Å². The largest absolute Gasteiger partial charge is 0.490 e. The number of alkyl halides is 3. The Labute approximate surface area is 211 Å². The number of nitriles is 1. The maximum atomic E-state index is 10.6. The smallest absolute Gasteiger partial charge is 0.475 e. The maximum Gasteiger partial charge on any atom is 0.490 e. The third-order valence-electron chi connectivity index (χ3n) is 6.14. The van der Waals surface area contributed by atoms with Gasteiger partial charge < -0.3 is 25.2 Å². The van der Waals surface area contributed by atoms with E-state index < -0.39 is 12.1 Å². The van der Waals surface area contributed by atoms with Crippen LogP contribution >= 0.6 is 0 Å². The number of pyridine rings is 2. The molecule has 0 atom stereocenters. The Kier molecular flexibility index (Phi) is 7.93. The van der Waals surface area contributed by atoms with Crippen molar-refractivity contribution in [2.75, 3.05) is 49.1 Å². The number of carboxylic acids is 1. The molecule has 5 rings (SSSR count). The van der Waals surface area contributed by atoms with Gasteiger partial charge >= 0.3 is 12.1 Å². The lowest BCUT2D eigenvalue weighted by molar-refractivity contribution is -0.192. The first-order valence-corrected chi connectivity index (χ1v) is 11.8. The Balaban J connectivity index is 0.000000405. The summed E-state index contributed by atoms with van der Waals surface area (Å²) in [6, 6.07) is 12.5. The van der Waals surface area contributed by atoms with Gasteiger partial charge in [0.05, 0.1) is 11.3 Å². The summed E-state index contributed by atoms with van der Waals surface area (Å²) in [7, 11) is 0. The predicted octanol–water partition coefficient (Wildman–Crippen LogP) is 3.65. The summed E-state index contributed by atoms with van der Waals surface area (Å²) >= 11 is 0. The second kappa shape index (κ2) is 11.3. The van der Waals surface area contributed by atoms with Gasteiger partial charge in [-0.1, -0.05) is 0 Å². The number of halogens is 3. The third-order valence-corrected chi connectivity index (χ3v) is 6.14. The number of nitrogens with zero attached hydrogens (tertiary/aromatic N) is 5. The standard InChI is InChI=1S/C23H25N7.C2HF3O2/c24-15-19-14-21(28-23(19)30-11-7-25-8-12-30)17-5-6-26-20(13-17)18-3-4-22(27-16-18)29-9-1-2-10-29;3-2(4,5)1(6)7/h3-6,13-14,16,25,28H,1-2,7-12H2;(H,6,7). The summed E-state index contributed by atoms with van der Waals surface area (Å²) in [5.74, 6) is -0.812. The van der Waals surface area contributed by atoms with E-state index in [4.69, 9.17) is 9.90 Å². The van der Waals surface area contributed by atoms with Crippen LogP contribution < -0.4 is 15.1 Å². The molecule has 37 heavy (non-hydrogen) atoms. The zero-order valence-corrected chi connectivity index (χ0v) is 19.9. The van der Waals surface area contributed by atoms with Gasteiger partial charge in [-0.05, 0) is 43.2 Å². The minimum atomic E-state index is -5.08. The van der Waals surface area contributed by atoms with Crippen LogP contribution in [0, 0.1) is 11.3 Å². The van der Waals surface area contributed by atoms with Crippen molar-refractivity contribution in [3.05, 3.63) is 48.3 Å². The molecule has 9 nitrogen and oxygen atoms in total. The monoisotopic (exact) mass is 513 g/mol. The van der Waals surface area contributed by atoms with Crippen LogP contribution in [0.25, 0.3) is 22.5 Å². The van der Waals surface area contributed by atoms with E-state index in [1.807, 2.05) is 24.5 Å². The van der Waals surface area contributed by atoms with E-state index in [0.717, 1.165) is 73.4 Å². The molecule has 0 aromatic carbocycles. The molecule has 2 fully saturated rings. The Bertz CT molecular complexity index is 1260. The van der Waals surface area contributed by atoms with Crippen molar-refractivity contribution in [3.63, 3.8) is 0 Å². The van der Waals surface area contributed by atoms with Gasteiger partial charge in [0.2, 0.25) is 0 Å². The normalized spacial score (nSPS) is 15.6. The van der Waals surface area contributed by atoms with Crippen molar-refractivity contribution in [3.8, 4) is 28.6 Å². The van der Waals surface area contributed by atoms with Crippen molar-refractivity contribution in [2.45, 2.75) is 19.0 Å². The number of hydrogen-bond donors (Lipinski definition) is 3. The summed E-state index contributed by atoms with van der Waals surface area (Å²) < 4.78 is 31.7. The number of rotatable bonds is 4. The van der Waals surface area contributed by atoms with Crippen molar-refractivity contribution in [1.82, 2.24) is 20.3 Å². The number of piperazine rings is 1. The molecule has 2 aliphatic rings. The third kappa shape index (κ3) is 6.37. The maximum absolute atomic E-state index is 10.6. The average Bonchev–Trinajstić information content (AvgIpc) is 3.60. The molecule has 3 aromatic heterocycles. The molecule has 0 amide bonds. The summed E-state index contributed by atoms with van der Waals surface area (Å²) in [6.45, 7) is 5.82. The number of aliphatic carboxylic acids is 1. The quantitative estimate of drug-likeness (QED) is 0.484. The van der Waals surface area contributed by atoms with Crippen molar-refractivity contribution in [2.24, 2.45) is 0 Å². The van der Waals surface area contributed by atoms with Crippen LogP contribution in [0.2, 0.25) is 0 Å². The number of anilines is 2. The van der Waals surface area contributed by atoms with Gasteiger partial charge in [0.25, 0.3) is 0 Å². The highest BCUT2D eigenvalue weighted by Crippen LogP contribution is 2.30. The van der Waals surface area contributed by atoms with Crippen LogP contribution in [-0.2, 0) is 4.79 Å². The van der Waals surface area contributed by atoms with Crippen LogP contribution in [0.3, 0.4) is 0 Å². The van der Waals surface area contributed by atoms with Gasteiger partial charge in [-0.15, -0.1) is 0 Å². The molecule has 194 valence electrons. The molecule has 0 radical (unpaired) electrons. The second-order valence-corrected chi connectivity index (χ2v) is 8.63. The van der Waals surface area contributed by atoms with Crippen molar-refractivity contribution < 1.29 is 23.1 Å². The number of carbonyl (C=O) groups is 1. The average molecular weight is 514 g/mol. The molecule has 0 unspecified atom stereocenters. The van der Waals surface area contributed by atoms with Crippen LogP contribution in [-0.4, -0.2) is 71.5 Å². The van der Waals surface area contributed by atoms with Gasteiger partial charge in [-0.25, -0.2) is 9.78 Å². The lowest BCUT2D eigenvalue weighted by Crippen LogP contribution is -2.44. The molecule has 2 aliphatic heterocycles. The zero-order valence-electron chi connectivity index (χ0n) is 19.9. The fraction of sp³-hybridized carbons (Fsp3) is 0.360. The lowest BCUT2D eigenvalue weighted by atomic mass is 10.1. The van der Waals surface area contributed by atoms with E-state index in [-0.39, 0.29) is 0 Å². The summed E-state index contributed by atoms with van der Waals surface area (Å²) in [5.41, 5.74) is 4.51. The number of aromatic nitrogens is 3. The summed E-state index contributed by atoms with van der Waals surface area (Å²) in [5, 5.41) is 20.1. The first-order valence-electron chi connectivity index (χ1n) is 11.8. The van der Waals surface area contributed by atoms with Crippen LogP contribution in [0.1, 0.15) is 18.4 Å². The van der Waals surface area contributed by atoms with E-state index in [1.165, 1.54) is 12.8 Å². The van der Waals surface area contributed by atoms with Gasteiger partial charge in [0.15, 0.2) is 0 Å². The minimum absolute atomic E-state index is 0.682. The molecule has 0 spiro atoms. The van der Waals surface area contributed by atoms with Crippen LogP contribution in [0.5, 0.6) is 0 Å². The van der Waals surface area contributed by atoms with Gasteiger partial charge in [-0.2, -0.15) is 18.4 Å². The first-order chi connectivity index (χ1) is 17.8. The summed E-state index contributed by atoms with van der Waals surface area (Å²) in [6.07, 6.45) is 1.12. The number of carboxylic acid groups (broad SMARTS) is 1. The number of nitrogens with one attached hydrogen (secondary N) is 2. The van der Waals surface area contributed by atoms with Gasteiger partial charge in [0, 0.05) is 68.5 Å². The minimum Gasteiger partial charge on any atom is -0.475 e. The highest BCUT2D eigenvalue weighted by atomic mass is 19.4. The molecule has 5 heterocycles. The van der Waals surface area contributed by atoms with Crippen LogP contribution in [0.15, 0.2) is 42.7 Å². The molecule has 3 aromatic rings. The Morgan fingerprint density at radius 3 is 2.30 bits per heavy atom. The predicted molar refractivity (Wildman–Crippen MR) is 132 cm³/mol. The van der Waals surface area contributed by atoms with Crippen LogP contribution in [0.4, 0.5) is 24.8 Å².